The summed E-state index contributed by atoms with van der Waals surface area (Å²) in [5, 5.41) is 10.5. The molecule has 0 aliphatic carbocycles. The standard InChI is InChI=1S/C14H18N2O/c1-14(11-7-3-2-4-8-11)13(17)16-10-6-5-9-12(16)15-14/h2-4,7-8,13,17H,5-6,9-10H2,1H3. The van der Waals surface area contributed by atoms with E-state index in [0.29, 0.717) is 0 Å². The molecule has 90 valence electrons. The lowest BCUT2D eigenvalue weighted by Gasteiger charge is -2.33. The molecular weight excluding hydrogens is 212 g/mol. The van der Waals surface area contributed by atoms with Gasteiger partial charge in [-0.3, -0.25) is 4.99 Å². The number of benzene rings is 1. The van der Waals surface area contributed by atoms with E-state index in [9.17, 15) is 5.11 Å². The summed E-state index contributed by atoms with van der Waals surface area (Å²) < 4.78 is 0. The average molecular weight is 230 g/mol. The molecule has 1 fully saturated rings. The van der Waals surface area contributed by atoms with Gasteiger partial charge < -0.3 is 10.0 Å². The molecule has 2 unspecified atom stereocenters. The van der Waals surface area contributed by atoms with Crippen LogP contribution in [-0.4, -0.2) is 28.6 Å². The zero-order valence-electron chi connectivity index (χ0n) is 10.1. The Bertz CT molecular complexity index is 443. The van der Waals surface area contributed by atoms with Crippen LogP contribution >= 0.6 is 0 Å². The maximum Gasteiger partial charge on any atom is 0.157 e. The second-order valence-corrected chi connectivity index (χ2v) is 5.07. The molecule has 17 heavy (non-hydrogen) atoms. The van der Waals surface area contributed by atoms with Gasteiger partial charge in [0.25, 0.3) is 0 Å². The van der Waals surface area contributed by atoms with Crippen molar-refractivity contribution >= 4 is 5.84 Å². The third kappa shape index (κ3) is 1.57. The van der Waals surface area contributed by atoms with Crippen molar-refractivity contribution in [1.29, 1.82) is 0 Å². The molecule has 3 heteroatoms. The molecule has 0 amide bonds. The van der Waals surface area contributed by atoms with E-state index >= 15 is 0 Å². The first-order chi connectivity index (χ1) is 8.22. The molecule has 1 aromatic carbocycles. The minimum atomic E-state index is -0.514. The second kappa shape index (κ2) is 3.84. The van der Waals surface area contributed by atoms with Crippen molar-refractivity contribution in [3.05, 3.63) is 35.9 Å². The monoisotopic (exact) mass is 230 g/mol. The van der Waals surface area contributed by atoms with Crippen LogP contribution in [0.5, 0.6) is 0 Å². The average Bonchev–Trinajstić information content (AvgIpc) is 2.65. The van der Waals surface area contributed by atoms with Gasteiger partial charge in [-0.2, -0.15) is 0 Å². The Balaban J connectivity index is 2.01. The number of piperidine rings is 1. The fourth-order valence-corrected chi connectivity index (χ4v) is 2.84. The quantitative estimate of drug-likeness (QED) is 0.802. The summed E-state index contributed by atoms with van der Waals surface area (Å²) in [7, 11) is 0. The number of rotatable bonds is 1. The molecule has 2 aliphatic heterocycles. The Morgan fingerprint density at radius 2 is 2.06 bits per heavy atom. The van der Waals surface area contributed by atoms with E-state index in [-0.39, 0.29) is 0 Å². The highest BCUT2D eigenvalue weighted by Crippen LogP contribution is 2.38. The predicted octanol–water partition coefficient (Wildman–Crippen LogP) is 2.12. The maximum atomic E-state index is 10.5. The summed E-state index contributed by atoms with van der Waals surface area (Å²) in [5.41, 5.74) is 0.593. The van der Waals surface area contributed by atoms with Crippen molar-refractivity contribution in [1.82, 2.24) is 4.90 Å². The Kier molecular flexibility index (Phi) is 2.44. The zero-order valence-corrected chi connectivity index (χ0v) is 10.1. The first-order valence-electron chi connectivity index (χ1n) is 6.31. The minimum absolute atomic E-state index is 0.499. The van der Waals surface area contributed by atoms with Gasteiger partial charge in [0.2, 0.25) is 0 Å². The first-order valence-corrected chi connectivity index (χ1v) is 6.31. The highest BCUT2D eigenvalue weighted by molar-refractivity contribution is 5.85. The van der Waals surface area contributed by atoms with Crippen molar-refractivity contribution in [3.8, 4) is 0 Å². The molecule has 0 radical (unpaired) electrons. The van der Waals surface area contributed by atoms with Crippen LogP contribution in [0.25, 0.3) is 0 Å². The molecule has 0 bridgehead atoms. The molecule has 1 saturated heterocycles. The van der Waals surface area contributed by atoms with Gasteiger partial charge in [0.05, 0.1) is 0 Å². The van der Waals surface area contributed by atoms with Crippen LogP contribution in [-0.2, 0) is 5.54 Å². The predicted molar refractivity (Wildman–Crippen MR) is 67.8 cm³/mol. The Morgan fingerprint density at radius 3 is 2.76 bits per heavy atom. The first kappa shape index (κ1) is 10.8. The molecule has 1 aromatic rings. The Hall–Kier alpha value is -1.35. The number of amidine groups is 1. The molecule has 0 aromatic heterocycles. The van der Waals surface area contributed by atoms with Crippen LogP contribution in [0, 0.1) is 0 Å². The van der Waals surface area contributed by atoms with Crippen molar-refractivity contribution in [2.75, 3.05) is 6.54 Å². The summed E-state index contributed by atoms with van der Waals surface area (Å²) in [5.74, 6) is 1.08. The summed E-state index contributed by atoms with van der Waals surface area (Å²) in [6.07, 6.45) is 2.83. The van der Waals surface area contributed by atoms with E-state index in [4.69, 9.17) is 4.99 Å². The Labute approximate surface area is 102 Å². The number of hydrogen-bond acceptors (Lipinski definition) is 3. The summed E-state index contributed by atoms with van der Waals surface area (Å²) in [6.45, 7) is 2.96. The summed E-state index contributed by atoms with van der Waals surface area (Å²) in [6, 6.07) is 10.1. The normalized spacial score (nSPS) is 32.2. The highest BCUT2D eigenvalue weighted by atomic mass is 16.3. The fraction of sp³-hybridized carbons (Fsp3) is 0.500. The molecule has 1 N–H and O–H groups in total. The maximum absolute atomic E-state index is 10.5. The van der Waals surface area contributed by atoms with E-state index in [2.05, 4.69) is 4.90 Å². The van der Waals surface area contributed by atoms with Gasteiger partial charge in [-0.05, 0) is 25.3 Å². The Morgan fingerprint density at radius 1 is 1.29 bits per heavy atom. The molecular formula is C14H18N2O. The third-order valence-corrected chi connectivity index (χ3v) is 3.90. The smallest absolute Gasteiger partial charge is 0.157 e. The molecule has 3 rings (SSSR count). The van der Waals surface area contributed by atoms with Crippen molar-refractivity contribution in [2.24, 2.45) is 4.99 Å². The van der Waals surface area contributed by atoms with Gasteiger partial charge in [-0.25, -0.2) is 0 Å². The largest absolute Gasteiger partial charge is 0.371 e. The van der Waals surface area contributed by atoms with Crippen LogP contribution in [0.1, 0.15) is 31.7 Å². The lowest BCUT2D eigenvalue weighted by Crippen LogP contribution is -2.45. The second-order valence-electron chi connectivity index (χ2n) is 5.07. The van der Waals surface area contributed by atoms with E-state index in [1.807, 2.05) is 37.3 Å². The van der Waals surface area contributed by atoms with E-state index in [0.717, 1.165) is 30.8 Å². The van der Waals surface area contributed by atoms with Gasteiger partial charge in [0.15, 0.2) is 6.23 Å². The van der Waals surface area contributed by atoms with E-state index < -0.39 is 11.8 Å². The molecule has 2 aliphatic rings. The lowest BCUT2D eigenvalue weighted by molar-refractivity contribution is 0.00633. The van der Waals surface area contributed by atoms with Gasteiger partial charge in [-0.15, -0.1) is 0 Å². The van der Waals surface area contributed by atoms with Crippen LogP contribution < -0.4 is 0 Å². The highest BCUT2D eigenvalue weighted by Gasteiger charge is 2.45. The van der Waals surface area contributed by atoms with Gasteiger partial charge >= 0.3 is 0 Å². The van der Waals surface area contributed by atoms with Crippen LogP contribution in [0.4, 0.5) is 0 Å². The summed E-state index contributed by atoms with van der Waals surface area (Å²) in [4.78, 5) is 6.85. The zero-order chi connectivity index (χ0) is 11.9. The molecule has 2 heterocycles. The number of hydrogen-bond donors (Lipinski definition) is 1. The molecule has 3 nitrogen and oxygen atoms in total. The number of fused-ring (bicyclic) bond motifs is 1. The number of aliphatic imine (C=N–C) groups is 1. The molecule has 2 atom stereocenters. The third-order valence-electron chi connectivity index (χ3n) is 3.90. The van der Waals surface area contributed by atoms with Crippen molar-refractivity contribution < 1.29 is 5.11 Å². The van der Waals surface area contributed by atoms with Crippen LogP contribution in [0.15, 0.2) is 35.3 Å². The topological polar surface area (TPSA) is 35.8 Å². The van der Waals surface area contributed by atoms with Crippen LogP contribution in [0.2, 0.25) is 0 Å². The molecule has 0 saturated carbocycles. The molecule has 0 spiro atoms. The fourth-order valence-electron chi connectivity index (χ4n) is 2.84. The number of aliphatic hydroxyl groups excluding tert-OH is 1. The van der Waals surface area contributed by atoms with E-state index in [1.54, 1.807) is 0 Å². The van der Waals surface area contributed by atoms with Crippen molar-refractivity contribution in [3.63, 3.8) is 0 Å². The number of nitrogens with zero attached hydrogens (tertiary/aromatic N) is 2. The lowest BCUT2D eigenvalue weighted by atomic mass is 9.91. The van der Waals surface area contributed by atoms with Crippen molar-refractivity contribution in [2.45, 2.75) is 38.0 Å². The van der Waals surface area contributed by atoms with Gasteiger partial charge in [-0.1, -0.05) is 30.3 Å². The van der Waals surface area contributed by atoms with E-state index in [1.165, 1.54) is 6.42 Å². The van der Waals surface area contributed by atoms with Crippen LogP contribution in [0.3, 0.4) is 0 Å². The number of aliphatic hydroxyl groups is 1. The SMILES string of the molecule is CC1(c2ccccc2)N=C2CCCCN2C1O. The van der Waals surface area contributed by atoms with Gasteiger partial charge in [0.1, 0.15) is 11.4 Å². The van der Waals surface area contributed by atoms with Gasteiger partial charge in [0, 0.05) is 13.0 Å². The summed E-state index contributed by atoms with van der Waals surface area (Å²) >= 11 is 0. The minimum Gasteiger partial charge on any atom is -0.371 e.